The van der Waals surface area contributed by atoms with E-state index in [1.807, 2.05) is 42.0 Å². The summed E-state index contributed by atoms with van der Waals surface area (Å²) in [5.41, 5.74) is 1.81. The molecule has 82 valence electrons. The van der Waals surface area contributed by atoms with Crippen LogP contribution in [0.5, 0.6) is 0 Å². The number of hydrogen-bond acceptors (Lipinski definition) is 3. The molecule has 0 fully saturated rings. The first kappa shape index (κ1) is 10.1. The van der Waals surface area contributed by atoms with Gasteiger partial charge in [-0.3, -0.25) is 0 Å². The first-order chi connectivity index (χ1) is 8.38. The Morgan fingerprint density at radius 2 is 2.29 bits per heavy atom. The Labute approximate surface area is 103 Å². The molecule has 0 amide bonds. The van der Waals surface area contributed by atoms with Crippen molar-refractivity contribution >= 4 is 22.2 Å². The molecule has 2 heterocycles. The molecule has 0 radical (unpaired) electrons. The maximum absolute atomic E-state index is 9.03. The minimum absolute atomic E-state index is 0.723. The van der Waals surface area contributed by atoms with Crippen molar-refractivity contribution in [3.05, 3.63) is 52.6 Å². The lowest BCUT2D eigenvalue weighted by Gasteiger charge is -2.02. The summed E-state index contributed by atoms with van der Waals surface area (Å²) in [6.07, 6.45) is 3.82. The molecule has 0 saturated carbocycles. The van der Waals surface area contributed by atoms with Gasteiger partial charge in [-0.05, 0) is 18.2 Å². The van der Waals surface area contributed by atoms with E-state index in [9.17, 15) is 0 Å². The van der Waals surface area contributed by atoms with Crippen molar-refractivity contribution in [1.82, 2.24) is 9.55 Å². The van der Waals surface area contributed by atoms with E-state index in [0.29, 0.717) is 0 Å². The molecule has 3 aromatic rings. The van der Waals surface area contributed by atoms with E-state index in [4.69, 9.17) is 5.26 Å². The Morgan fingerprint density at radius 1 is 1.35 bits per heavy atom. The maximum Gasteiger partial charge on any atom is 0.112 e. The van der Waals surface area contributed by atoms with E-state index in [2.05, 4.69) is 15.6 Å². The number of nitriles is 1. The van der Waals surface area contributed by atoms with Crippen LogP contribution in [0.1, 0.15) is 10.6 Å². The van der Waals surface area contributed by atoms with Crippen LogP contribution >= 0.6 is 11.3 Å². The van der Waals surface area contributed by atoms with E-state index >= 15 is 0 Å². The third kappa shape index (κ3) is 1.71. The topological polar surface area (TPSA) is 41.6 Å². The molecular weight excluding hydrogens is 230 g/mol. The van der Waals surface area contributed by atoms with Crippen LogP contribution in [0.4, 0.5) is 0 Å². The fourth-order valence-corrected chi connectivity index (χ4v) is 2.55. The van der Waals surface area contributed by atoms with Crippen molar-refractivity contribution < 1.29 is 0 Å². The van der Waals surface area contributed by atoms with Gasteiger partial charge in [0.15, 0.2) is 0 Å². The van der Waals surface area contributed by atoms with Crippen LogP contribution in [0.25, 0.3) is 10.9 Å². The molecule has 3 nitrogen and oxygen atoms in total. The molecule has 0 aliphatic rings. The van der Waals surface area contributed by atoms with Gasteiger partial charge in [-0.15, -0.1) is 11.3 Å². The number of benzene rings is 1. The average Bonchev–Trinajstić information content (AvgIpc) is 2.99. The molecule has 4 heteroatoms. The molecular formula is C13H9N3S. The molecule has 0 aliphatic carbocycles. The molecule has 0 bridgehead atoms. The second-order valence-electron chi connectivity index (χ2n) is 3.72. The van der Waals surface area contributed by atoms with Crippen LogP contribution < -0.4 is 0 Å². The second kappa shape index (κ2) is 4.04. The summed E-state index contributed by atoms with van der Waals surface area (Å²) in [7, 11) is 0. The monoisotopic (exact) mass is 239 g/mol. The summed E-state index contributed by atoms with van der Waals surface area (Å²) in [4.78, 5) is 4.27. The van der Waals surface area contributed by atoms with Gasteiger partial charge in [0, 0.05) is 28.7 Å². The minimum atomic E-state index is 0.723. The predicted octanol–water partition coefficient (Wildman–Crippen LogP) is 3.02. The summed E-state index contributed by atoms with van der Waals surface area (Å²) in [5, 5.41) is 13.1. The molecule has 0 saturated heterocycles. The lowest BCUT2D eigenvalue weighted by atomic mass is 10.1. The Hall–Kier alpha value is -2.12. The van der Waals surface area contributed by atoms with E-state index in [0.717, 1.165) is 28.0 Å². The molecule has 17 heavy (non-hydrogen) atoms. The summed E-state index contributed by atoms with van der Waals surface area (Å²) >= 11 is 1.64. The number of thiazole rings is 1. The van der Waals surface area contributed by atoms with Crippen LogP contribution in [0, 0.1) is 11.3 Å². The molecule has 0 unspecified atom stereocenters. The first-order valence-electron chi connectivity index (χ1n) is 5.25. The molecule has 1 aromatic carbocycles. The fraction of sp³-hybridized carbons (Fsp3) is 0.0769. The molecule has 0 N–H and O–H groups in total. The largest absolute Gasteiger partial charge is 0.341 e. The SMILES string of the molecule is N#Cc1cccc2c1ccn2Cc1nccs1. The smallest absolute Gasteiger partial charge is 0.112 e. The Morgan fingerprint density at radius 3 is 3.06 bits per heavy atom. The Kier molecular flexibility index (Phi) is 2.39. The van der Waals surface area contributed by atoms with Crippen molar-refractivity contribution in [1.29, 1.82) is 5.26 Å². The van der Waals surface area contributed by atoms with Crippen LogP contribution in [0.2, 0.25) is 0 Å². The van der Waals surface area contributed by atoms with Gasteiger partial charge in [-0.2, -0.15) is 5.26 Å². The molecule has 3 rings (SSSR count). The highest BCUT2D eigenvalue weighted by Gasteiger charge is 2.06. The minimum Gasteiger partial charge on any atom is -0.341 e. The second-order valence-corrected chi connectivity index (χ2v) is 4.70. The van der Waals surface area contributed by atoms with Crippen LogP contribution in [0.15, 0.2) is 42.0 Å². The van der Waals surface area contributed by atoms with E-state index in [-0.39, 0.29) is 0 Å². The number of fused-ring (bicyclic) bond motifs is 1. The van der Waals surface area contributed by atoms with Crippen molar-refractivity contribution in [3.63, 3.8) is 0 Å². The van der Waals surface area contributed by atoms with Gasteiger partial charge < -0.3 is 4.57 Å². The predicted molar refractivity (Wildman–Crippen MR) is 67.9 cm³/mol. The maximum atomic E-state index is 9.03. The van der Waals surface area contributed by atoms with Gasteiger partial charge in [0.2, 0.25) is 0 Å². The van der Waals surface area contributed by atoms with E-state index < -0.39 is 0 Å². The summed E-state index contributed by atoms with van der Waals surface area (Å²) in [6, 6.07) is 9.99. The van der Waals surface area contributed by atoms with Gasteiger partial charge >= 0.3 is 0 Å². The van der Waals surface area contributed by atoms with Gasteiger partial charge in [-0.25, -0.2) is 4.98 Å². The third-order valence-corrected chi connectivity index (χ3v) is 3.49. The van der Waals surface area contributed by atoms with Crippen molar-refractivity contribution in [2.75, 3.05) is 0 Å². The Bertz CT molecular complexity index is 689. The summed E-state index contributed by atoms with van der Waals surface area (Å²) in [6.45, 7) is 0.760. The quantitative estimate of drug-likeness (QED) is 0.689. The van der Waals surface area contributed by atoms with Crippen LogP contribution in [-0.4, -0.2) is 9.55 Å². The molecule has 0 atom stereocenters. The normalized spacial score (nSPS) is 10.5. The fourth-order valence-electron chi connectivity index (χ4n) is 1.94. The Balaban J connectivity index is 2.10. The van der Waals surface area contributed by atoms with Gasteiger partial charge in [0.05, 0.1) is 18.2 Å². The number of rotatable bonds is 2. The van der Waals surface area contributed by atoms with Crippen molar-refractivity contribution in [2.45, 2.75) is 6.54 Å². The average molecular weight is 239 g/mol. The number of nitrogens with zero attached hydrogens (tertiary/aromatic N) is 3. The van der Waals surface area contributed by atoms with E-state index in [1.165, 1.54) is 0 Å². The molecule has 0 aliphatic heterocycles. The number of hydrogen-bond donors (Lipinski definition) is 0. The summed E-state index contributed by atoms with van der Waals surface area (Å²) in [5.74, 6) is 0. The van der Waals surface area contributed by atoms with E-state index in [1.54, 1.807) is 11.3 Å². The third-order valence-electron chi connectivity index (χ3n) is 2.72. The standard InChI is InChI=1S/C13H9N3S/c14-8-10-2-1-3-12-11(10)4-6-16(12)9-13-15-5-7-17-13/h1-7H,9H2. The lowest BCUT2D eigenvalue weighted by molar-refractivity contribution is 0.828. The zero-order chi connectivity index (χ0) is 11.7. The highest BCUT2D eigenvalue weighted by atomic mass is 32.1. The number of aromatic nitrogens is 2. The zero-order valence-electron chi connectivity index (χ0n) is 9.00. The van der Waals surface area contributed by atoms with Crippen LogP contribution in [-0.2, 0) is 6.54 Å². The van der Waals surface area contributed by atoms with Crippen molar-refractivity contribution in [2.24, 2.45) is 0 Å². The van der Waals surface area contributed by atoms with Gasteiger partial charge in [0.25, 0.3) is 0 Å². The highest BCUT2D eigenvalue weighted by molar-refractivity contribution is 7.09. The zero-order valence-corrected chi connectivity index (χ0v) is 9.81. The van der Waals surface area contributed by atoms with Crippen molar-refractivity contribution in [3.8, 4) is 6.07 Å². The molecule has 0 spiro atoms. The summed E-state index contributed by atoms with van der Waals surface area (Å²) < 4.78 is 2.12. The highest BCUT2D eigenvalue weighted by Crippen LogP contribution is 2.21. The van der Waals surface area contributed by atoms with Crippen LogP contribution in [0.3, 0.4) is 0 Å². The van der Waals surface area contributed by atoms with Gasteiger partial charge in [-0.1, -0.05) is 6.07 Å². The molecule has 2 aromatic heterocycles. The lowest BCUT2D eigenvalue weighted by Crippen LogP contribution is -1.96. The van der Waals surface area contributed by atoms with Gasteiger partial charge in [0.1, 0.15) is 5.01 Å². The first-order valence-corrected chi connectivity index (χ1v) is 6.13.